The average molecular weight is 548 g/mol. The molecule has 212 valence electrons. The second-order valence-corrected chi connectivity index (χ2v) is 9.60. The lowest BCUT2D eigenvalue weighted by molar-refractivity contribution is 0.0817. The van der Waals surface area contributed by atoms with Gasteiger partial charge in [0.25, 0.3) is 11.9 Å². The quantitative estimate of drug-likeness (QED) is 0.371. The summed E-state index contributed by atoms with van der Waals surface area (Å²) in [6.45, 7) is 8.80. The lowest BCUT2D eigenvalue weighted by atomic mass is 10.1. The molecule has 40 heavy (non-hydrogen) atoms. The Bertz CT molecular complexity index is 1440. The van der Waals surface area contributed by atoms with Crippen LogP contribution < -0.4 is 20.4 Å². The van der Waals surface area contributed by atoms with Gasteiger partial charge in [0.15, 0.2) is 5.58 Å². The van der Waals surface area contributed by atoms with E-state index in [1.807, 2.05) is 39.2 Å². The van der Waals surface area contributed by atoms with Gasteiger partial charge in [0.2, 0.25) is 5.65 Å². The van der Waals surface area contributed by atoms with Crippen molar-refractivity contribution in [2.24, 2.45) is 7.05 Å². The maximum atomic E-state index is 13.7. The molecule has 0 bridgehead atoms. The molecule has 2 fully saturated rings. The van der Waals surface area contributed by atoms with E-state index < -0.39 is 0 Å². The number of amides is 1. The summed E-state index contributed by atoms with van der Waals surface area (Å²) in [5.74, 6) is 0.729. The number of aromatic nitrogens is 5. The summed E-state index contributed by atoms with van der Waals surface area (Å²) >= 11 is 0. The van der Waals surface area contributed by atoms with Crippen molar-refractivity contribution in [3.63, 3.8) is 0 Å². The van der Waals surface area contributed by atoms with Crippen molar-refractivity contribution < 1.29 is 13.9 Å². The molecule has 1 amide bonds. The van der Waals surface area contributed by atoms with Crippen LogP contribution in [0.1, 0.15) is 37.0 Å². The number of hydrogen-bond acceptors (Lipinski definition) is 10. The van der Waals surface area contributed by atoms with Crippen molar-refractivity contribution in [1.29, 1.82) is 0 Å². The van der Waals surface area contributed by atoms with E-state index in [1.165, 1.54) is 0 Å². The Balaban J connectivity index is 0.00000158. The van der Waals surface area contributed by atoms with E-state index >= 15 is 0 Å². The van der Waals surface area contributed by atoms with E-state index in [9.17, 15) is 4.79 Å². The van der Waals surface area contributed by atoms with E-state index in [1.54, 1.807) is 30.1 Å². The summed E-state index contributed by atoms with van der Waals surface area (Å²) in [6.07, 6.45) is 5.55. The minimum Gasteiger partial charge on any atom is -0.422 e. The molecule has 4 aromatic heterocycles. The van der Waals surface area contributed by atoms with Gasteiger partial charge in [0.1, 0.15) is 11.6 Å². The number of ether oxygens (including phenoxy) is 1. The summed E-state index contributed by atoms with van der Waals surface area (Å²) in [7, 11) is 3.59. The third-order valence-corrected chi connectivity index (χ3v) is 7.05. The first kappa shape index (κ1) is 27.5. The first-order chi connectivity index (χ1) is 19.6. The third kappa shape index (κ3) is 5.92. The van der Waals surface area contributed by atoms with E-state index in [0.29, 0.717) is 34.4 Å². The van der Waals surface area contributed by atoms with Gasteiger partial charge in [-0.2, -0.15) is 10.1 Å². The fraction of sp³-hybridized carbons (Fsp3) is 0.464. The predicted octanol–water partition coefficient (Wildman–Crippen LogP) is 3.32. The van der Waals surface area contributed by atoms with Crippen molar-refractivity contribution in [2.45, 2.75) is 32.8 Å². The van der Waals surface area contributed by atoms with Crippen molar-refractivity contribution in [1.82, 2.24) is 30.0 Å². The Kier molecular flexibility index (Phi) is 8.56. The lowest BCUT2D eigenvalue weighted by Gasteiger charge is -2.32. The molecule has 12 heteroatoms. The van der Waals surface area contributed by atoms with Crippen LogP contribution in [0.5, 0.6) is 0 Å². The van der Waals surface area contributed by atoms with Crippen molar-refractivity contribution in [3.8, 4) is 11.3 Å². The molecule has 0 radical (unpaired) electrons. The van der Waals surface area contributed by atoms with Crippen LogP contribution in [-0.4, -0.2) is 83.1 Å². The molecular weight excluding hydrogens is 510 g/mol. The number of hydrogen-bond donors (Lipinski definition) is 2. The fourth-order valence-electron chi connectivity index (χ4n) is 4.95. The minimum atomic E-state index is -0.306. The molecule has 0 atom stereocenters. The van der Waals surface area contributed by atoms with Gasteiger partial charge in [0, 0.05) is 71.3 Å². The van der Waals surface area contributed by atoms with Crippen LogP contribution in [0.4, 0.5) is 17.7 Å². The number of anilines is 3. The standard InChI is InChI=1S/C26H31N9O3.C2H6/c1-33-16-17(15-28-33)20-4-3-5-22(29-20)30-25(36)19-14-21-23(32-26(38-21)35-12-8-27-9-13-35)31-24(19)34-10-6-18(37-2)7-11-34;1-2/h3-5,14-16,18,27H,6-13H2,1-2H3,(H,29,30,36);1-2H3. The van der Waals surface area contributed by atoms with E-state index in [2.05, 4.69) is 35.5 Å². The summed E-state index contributed by atoms with van der Waals surface area (Å²) in [5, 5.41) is 10.5. The van der Waals surface area contributed by atoms with Crippen molar-refractivity contribution in [3.05, 3.63) is 42.2 Å². The fourth-order valence-corrected chi connectivity index (χ4v) is 4.95. The number of aryl methyl sites for hydroxylation is 1. The average Bonchev–Trinajstić information content (AvgIpc) is 3.64. The lowest BCUT2D eigenvalue weighted by Crippen LogP contribution is -2.43. The number of rotatable bonds is 6. The molecule has 2 N–H and O–H groups in total. The van der Waals surface area contributed by atoms with Gasteiger partial charge in [-0.1, -0.05) is 19.9 Å². The van der Waals surface area contributed by atoms with Crippen LogP contribution in [0.2, 0.25) is 0 Å². The number of oxazole rings is 1. The number of carbonyl (C=O) groups is 1. The molecular formula is C28H37N9O3. The molecule has 0 unspecified atom stereocenters. The molecule has 2 aliphatic rings. The topological polar surface area (TPSA) is 126 Å². The van der Waals surface area contributed by atoms with E-state index in [4.69, 9.17) is 14.1 Å². The van der Waals surface area contributed by atoms with Crippen LogP contribution in [-0.2, 0) is 11.8 Å². The molecule has 0 aliphatic carbocycles. The molecule has 0 saturated carbocycles. The number of fused-ring (bicyclic) bond motifs is 1. The van der Waals surface area contributed by atoms with Gasteiger partial charge in [-0.3, -0.25) is 9.48 Å². The Morgan fingerprint density at radius 2 is 1.85 bits per heavy atom. The van der Waals surface area contributed by atoms with Crippen LogP contribution >= 0.6 is 0 Å². The minimum absolute atomic E-state index is 0.207. The van der Waals surface area contributed by atoms with Gasteiger partial charge in [0.05, 0.1) is 23.6 Å². The SMILES string of the molecule is CC.COC1CCN(c2nc3nc(N4CCNCC4)oc3cc2C(=O)Nc2cccc(-c3cnn(C)c3)n2)CC1. The smallest absolute Gasteiger partial charge is 0.300 e. The zero-order valence-corrected chi connectivity index (χ0v) is 23.6. The molecule has 6 rings (SSSR count). The van der Waals surface area contributed by atoms with Crippen LogP contribution in [0.25, 0.3) is 22.5 Å². The molecule has 2 saturated heterocycles. The zero-order valence-electron chi connectivity index (χ0n) is 23.6. The van der Waals surface area contributed by atoms with Gasteiger partial charge >= 0.3 is 0 Å². The Morgan fingerprint density at radius 1 is 1.07 bits per heavy atom. The second kappa shape index (κ2) is 12.4. The highest BCUT2D eigenvalue weighted by atomic mass is 16.5. The number of piperidine rings is 1. The first-order valence-electron chi connectivity index (χ1n) is 13.9. The molecule has 0 spiro atoms. The molecule has 0 aromatic carbocycles. The number of nitrogens with one attached hydrogen (secondary N) is 2. The first-order valence-corrected chi connectivity index (χ1v) is 13.9. The summed E-state index contributed by atoms with van der Waals surface area (Å²) < 4.78 is 13.3. The zero-order chi connectivity index (χ0) is 28.1. The number of carbonyl (C=O) groups excluding carboxylic acids is 1. The second-order valence-electron chi connectivity index (χ2n) is 9.60. The van der Waals surface area contributed by atoms with Crippen LogP contribution in [0, 0.1) is 0 Å². The van der Waals surface area contributed by atoms with Crippen LogP contribution in [0.15, 0.2) is 41.1 Å². The molecule has 6 heterocycles. The van der Waals surface area contributed by atoms with Crippen molar-refractivity contribution >= 4 is 34.8 Å². The highest BCUT2D eigenvalue weighted by Gasteiger charge is 2.27. The molecule has 12 nitrogen and oxygen atoms in total. The maximum Gasteiger partial charge on any atom is 0.300 e. The molecule has 2 aliphatic heterocycles. The van der Waals surface area contributed by atoms with E-state index in [-0.39, 0.29) is 12.0 Å². The predicted molar refractivity (Wildman–Crippen MR) is 155 cm³/mol. The number of methoxy groups -OCH3 is 1. The van der Waals surface area contributed by atoms with Gasteiger partial charge in [-0.05, 0) is 25.0 Å². The van der Waals surface area contributed by atoms with E-state index in [0.717, 1.165) is 63.4 Å². The Morgan fingerprint density at radius 3 is 2.55 bits per heavy atom. The van der Waals surface area contributed by atoms with Crippen molar-refractivity contribution in [2.75, 3.05) is 61.5 Å². The number of piperazine rings is 1. The van der Waals surface area contributed by atoms with Crippen LogP contribution in [0.3, 0.4) is 0 Å². The summed E-state index contributed by atoms with van der Waals surface area (Å²) in [4.78, 5) is 32.0. The highest BCUT2D eigenvalue weighted by molar-refractivity contribution is 6.08. The number of nitrogens with zero attached hydrogens (tertiary/aromatic N) is 7. The normalized spacial score (nSPS) is 16.1. The largest absolute Gasteiger partial charge is 0.422 e. The van der Waals surface area contributed by atoms with Gasteiger partial charge < -0.3 is 29.6 Å². The highest BCUT2D eigenvalue weighted by Crippen LogP contribution is 2.30. The Labute approximate surface area is 233 Å². The monoisotopic (exact) mass is 547 g/mol. The third-order valence-electron chi connectivity index (χ3n) is 7.05. The van der Waals surface area contributed by atoms with Gasteiger partial charge in [-0.25, -0.2) is 9.97 Å². The van der Waals surface area contributed by atoms with Gasteiger partial charge in [-0.15, -0.1) is 0 Å². The number of pyridine rings is 2. The summed E-state index contributed by atoms with van der Waals surface area (Å²) in [6, 6.07) is 7.79. The summed E-state index contributed by atoms with van der Waals surface area (Å²) in [5.41, 5.74) is 3.00. The Hall–Kier alpha value is -4.03. The maximum absolute atomic E-state index is 13.7. The molecule has 4 aromatic rings.